The van der Waals surface area contributed by atoms with E-state index in [0.717, 1.165) is 11.4 Å². The highest BCUT2D eigenvalue weighted by atomic mass is 32.2. The van der Waals surface area contributed by atoms with E-state index in [1.54, 1.807) is 18.0 Å². The molecule has 2 aromatic rings. The van der Waals surface area contributed by atoms with E-state index in [-0.39, 0.29) is 17.4 Å². The Morgan fingerprint density at radius 1 is 1.32 bits per heavy atom. The predicted octanol–water partition coefficient (Wildman–Crippen LogP) is 3.59. The predicted molar refractivity (Wildman–Crippen MR) is 86.9 cm³/mol. The van der Waals surface area contributed by atoms with Crippen LogP contribution in [0.1, 0.15) is 23.3 Å². The lowest BCUT2D eigenvalue weighted by atomic mass is 10.1. The van der Waals surface area contributed by atoms with E-state index in [1.807, 2.05) is 37.3 Å². The van der Waals surface area contributed by atoms with Crippen molar-refractivity contribution in [1.29, 1.82) is 0 Å². The van der Waals surface area contributed by atoms with Crippen molar-refractivity contribution in [3.8, 4) is 0 Å². The maximum absolute atomic E-state index is 11.8. The van der Waals surface area contributed by atoms with Crippen molar-refractivity contribution in [3.63, 3.8) is 0 Å². The van der Waals surface area contributed by atoms with Crippen LogP contribution in [0.25, 0.3) is 0 Å². The van der Waals surface area contributed by atoms with Crippen LogP contribution in [0.4, 0.5) is 4.79 Å². The Balaban J connectivity index is 1.82. The molecule has 1 aliphatic rings. The zero-order valence-corrected chi connectivity index (χ0v) is 13.2. The summed E-state index contributed by atoms with van der Waals surface area (Å²) < 4.78 is 5.03. The van der Waals surface area contributed by atoms with Gasteiger partial charge < -0.3 is 10.1 Å². The number of carbonyl (C=O) groups excluding carboxylic acids is 1. The van der Waals surface area contributed by atoms with E-state index in [0.29, 0.717) is 6.61 Å². The van der Waals surface area contributed by atoms with E-state index in [1.165, 1.54) is 11.1 Å². The Kier molecular flexibility index (Phi) is 4.63. The third-order valence-corrected chi connectivity index (χ3v) is 4.95. The zero-order valence-electron chi connectivity index (χ0n) is 12.4. The molecule has 0 fully saturated rings. The molecule has 1 heterocycles. The van der Waals surface area contributed by atoms with Gasteiger partial charge in [-0.1, -0.05) is 42.1 Å². The van der Waals surface area contributed by atoms with Crippen LogP contribution in [-0.4, -0.2) is 23.7 Å². The minimum absolute atomic E-state index is 0.0171. The highest BCUT2D eigenvalue weighted by Gasteiger charge is 2.34. The summed E-state index contributed by atoms with van der Waals surface area (Å²) in [5, 5.41) is 4.09. The second-order valence-electron chi connectivity index (χ2n) is 5.08. The Morgan fingerprint density at radius 2 is 2.14 bits per heavy atom. The molecule has 0 unspecified atom stereocenters. The summed E-state index contributed by atoms with van der Waals surface area (Å²) >= 11 is 1.68. The van der Waals surface area contributed by atoms with Gasteiger partial charge in [0.25, 0.3) is 0 Å². The van der Waals surface area contributed by atoms with Crippen LogP contribution in [0, 0.1) is 0 Å². The smallest absolute Gasteiger partial charge is 0.407 e. The van der Waals surface area contributed by atoms with Crippen molar-refractivity contribution in [2.75, 3.05) is 6.61 Å². The number of fused-ring (bicyclic) bond motifs is 1. The number of ether oxygens (including phenoxy) is 1. The summed E-state index contributed by atoms with van der Waals surface area (Å²) in [6, 6.07) is 14.2. The van der Waals surface area contributed by atoms with Gasteiger partial charge in [-0.25, -0.2) is 9.78 Å². The first-order valence-corrected chi connectivity index (χ1v) is 8.24. The first-order valence-electron chi connectivity index (χ1n) is 7.36. The average molecular weight is 314 g/mol. The SMILES string of the molecule is CCOC(=O)N[C@@H]1Cc2ccccc2[C@H]1Sc1ccccn1. The molecule has 4 nitrogen and oxygen atoms in total. The molecule has 1 aromatic carbocycles. The molecule has 1 N–H and O–H groups in total. The molecule has 0 spiro atoms. The monoisotopic (exact) mass is 314 g/mol. The van der Waals surface area contributed by atoms with Gasteiger partial charge in [-0.15, -0.1) is 0 Å². The minimum atomic E-state index is -0.355. The second kappa shape index (κ2) is 6.83. The van der Waals surface area contributed by atoms with Crippen molar-refractivity contribution >= 4 is 17.9 Å². The van der Waals surface area contributed by atoms with Crippen LogP contribution in [0.3, 0.4) is 0 Å². The maximum atomic E-state index is 11.8. The molecular weight excluding hydrogens is 296 g/mol. The summed E-state index contributed by atoms with van der Waals surface area (Å²) in [6.45, 7) is 2.19. The van der Waals surface area contributed by atoms with Crippen molar-refractivity contribution in [2.24, 2.45) is 0 Å². The molecule has 0 aliphatic heterocycles. The summed E-state index contributed by atoms with van der Waals surface area (Å²) in [5.74, 6) is 0. The number of nitrogens with one attached hydrogen (secondary N) is 1. The number of pyridine rings is 1. The van der Waals surface area contributed by atoms with Gasteiger partial charge in [0.15, 0.2) is 0 Å². The van der Waals surface area contributed by atoms with Crippen LogP contribution in [-0.2, 0) is 11.2 Å². The summed E-state index contributed by atoms with van der Waals surface area (Å²) in [5.41, 5.74) is 2.54. The fourth-order valence-corrected chi connectivity index (χ4v) is 3.93. The number of nitrogens with zero attached hydrogens (tertiary/aromatic N) is 1. The fourth-order valence-electron chi connectivity index (χ4n) is 2.70. The number of aromatic nitrogens is 1. The summed E-state index contributed by atoms with van der Waals surface area (Å²) in [4.78, 5) is 16.2. The molecule has 1 aliphatic carbocycles. The zero-order chi connectivity index (χ0) is 15.4. The maximum Gasteiger partial charge on any atom is 0.407 e. The lowest BCUT2D eigenvalue weighted by molar-refractivity contribution is 0.148. The third kappa shape index (κ3) is 3.25. The van der Waals surface area contributed by atoms with Gasteiger partial charge in [-0.05, 0) is 36.6 Å². The number of alkyl carbamates (subject to hydrolysis) is 1. The molecule has 0 radical (unpaired) electrons. The molecule has 2 atom stereocenters. The molecule has 1 aromatic heterocycles. The Bertz CT molecular complexity index is 648. The normalized spacial score (nSPS) is 19.5. The minimum Gasteiger partial charge on any atom is -0.450 e. The third-order valence-electron chi connectivity index (χ3n) is 3.63. The molecule has 0 saturated heterocycles. The second-order valence-corrected chi connectivity index (χ2v) is 6.24. The average Bonchev–Trinajstić information content (AvgIpc) is 2.86. The molecule has 3 rings (SSSR count). The number of hydrogen-bond donors (Lipinski definition) is 1. The number of rotatable bonds is 4. The molecule has 1 amide bonds. The van der Waals surface area contributed by atoms with Crippen molar-refractivity contribution in [2.45, 2.75) is 29.7 Å². The van der Waals surface area contributed by atoms with Gasteiger partial charge in [-0.2, -0.15) is 0 Å². The quantitative estimate of drug-likeness (QED) is 0.937. The lowest BCUT2D eigenvalue weighted by Crippen LogP contribution is -2.37. The Hall–Kier alpha value is -2.01. The van der Waals surface area contributed by atoms with Gasteiger partial charge in [0.2, 0.25) is 0 Å². The molecule has 0 bridgehead atoms. The van der Waals surface area contributed by atoms with Gasteiger partial charge >= 0.3 is 6.09 Å². The topological polar surface area (TPSA) is 51.2 Å². The Labute approximate surface area is 134 Å². The van der Waals surface area contributed by atoms with E-state index in [2.05, 4.69) is 22.4 Å². The molecular formula is C17H18N2O2S. The molecule has 22 heavy (non-hydrogen) atoms. The van der Waals surface area contributed by atoms with Crippen molar-refractivity contribution in [1.82, 2.24) is 10.3 Å². The lowest BCUT2D eigenvalue weighted by Gasteiger charge is -2.20. The van der Waals surface area contributed by atoms with Crippen LogP contribution in [0.15, 0.2) is 53.7 Å². The van der Waals surface area contributed by atoms with Gasteiger partial charge in [-0.3, -0.25) is 0 Å². The number of carbonyl (C=O) groups is 1. The van der Waals surface area contributed by atoms with Gasteiger partial charge in [0, 0.05) is 6.20 Å². The van der Waals surface area contributed by atoms with Crippen LogP contribution >= 0.6 is 11.8 Å². The van der Waals surface area contributed by atoms with E-state index in [9.17, 15) is 4.79 Å². The Morgan fingerprint density at radius 3 is 2.91 bits per heavy atom. The highest BCUT2D eigenvalue weighted by Crippen LogP contribution is 2.44. The summed E-state index contributed by atoms with van der Waals surface area (Å²) in [6.07, 6.45) is 2.25. The fraction of sp³-hybridized carbons (Fsp3) is 0.294. The first-order chi connectivity index (χ1) is 10.8. The van der Waals surface area contributed by atoms with Crippen LogP contribution in [0.5, 0.6) is 0 Å². The van der Waals surface area contributed by atoms with Crippen LogP contribution in [0.2, 0.25) is 0 Å². The van der Waals surface area contributed by atoms with Gasteiger partial charge in [0.05, 0.1) is 22.9 Å². The van der Waals surface area contributed by atoms with E-state index in [4.69, 9.17) is 4.74 Å². The summed E-state index contributed by atoms with van der Waals surface area (Å²) in [7, 11) is 0. The molecule has 0 saturated carbocycles. The van der Waals surface area contributed by atoms with E-state index < -0.39 is 0 Å². The number of hydrogen-bond acceptors (Lipinski definition) is 4. The number of benzene rings is 1. The van der Waals surface area contributed by atoms with E-state index >= 15 is 0 Å². The van der Waals surface area contributed by atoms with Crippen LogP contribution < -0.4 is 5.32 Å². The first kappa shape index (κ1) is 14.9. The number of amides is 1. The largest absolute Gasteiger partial charge is 0.450 e. The van der Waals surface area contributed by atoms with Gasteiger partial charge in [0.1, 0.15) is 0 Å². The standard InChI is InChI=1S/C17H18N2O2S/c1-2-21-17(20)19-14-11-12-7-3-4-8-13(12)16(14)22-15-9-5-6-10-18-15/h3-10,14,16H,2,11H2,1H3,(H,19,20)/t14-,16-/m1/s1. The van der Waals surface area contributed by atoms with Crippen molar-refractivity contribution in [3.05, 3.63) is 59.8 Å². The number of thioether (sulfide) groups is 1. The van der Waals surface area contributed by atoms with Crippen molar-refractivity contribution < 1.29 is 9.53 Å². The highest BCUT2D eigenvalue weighted by molar-refractivity contribution is 7.99. The molecule has 5 heteroatoms. The molecule has 114 valence electrons.